The van der Waals surface area contributed by atoms with E-state index in [1.54, 1.807) is 7.05 Å². The van der Waals surface area contributed by atoms with Crippen molar-refractivity contribution in [3.8, 4) is 0 Å². The van der Waals surface area contributed by atoms with Crippen LogP contribution in [0.15, 0.2) is 30.3 Å². The quantitative estimate of drug-likeness (QED) is 0.567. The van der Waals surface area contributed by atoms with Crippen molar-refractivity contribution in [2.45, 2.75) is 19.1 Å². The molecule has 0 saturated heterocycles. The number of carbonyl (C=O) groups excluding carboxylic acids is 1. The number of carboxylic acids is 1. The number of hydrogen-bond acceptors (Lipinski definition) is 5. The van der Waals surface area contributed by atoms with E-state index in [0.717, 1.165) is 5.56 Å². The second-order valence-electron chi connectivity index (χ2n) is 4.36. The molecule has 0 aliphatic rings. The van der Waals surface area contributed by atoms with Crippen LogP contribution in [0.1, 0.15) is 12.0 Å². The predicted molar refractivity (Wildman–Crippen MR) is 74.2 cm³/mol. The van der Waals surface area contributed by atoms with Gasteiger partial charge in [0.1, 0.15) is 6.61 Å². The highest BCUT2D eigenvalue weighted by molar-refractivity contribution is 5.70. The number of nitrogens with one attached hydrogen (secondary N) is 2. The van der Waals surface area contributed by atoms with E-state index in [9.17, 15) is 9.59 Å². The monoisotopic (exact) mass is 280 g/mol. The molecule has 0 aromatic heterocycles. The predicted octanol–water partition coefficient (Wildman–Crippen LogP) is 0.382. The first kappa shape index (κ1) is 16.1. The van der Waals surface area contributed by atoms with E-state index >= 15 is 0 Å². The van der Waals surface area contributed by atoms with Gasteiger partial charge in [-0.2, -0.15) is 0 Å². The topological polar surface area (TPSA) is 87.7 Å². The molecule has 0 aliphatic carbocycles. The highest BCUT2D eigenvalue weighted by Crippen LogP contribution is 2.02. The highest BCUT2D eigenvalue weighted by Gasteiger charge is 2.13. The zero-order valence-corrected chi connectivity index (χ0v) is 11.5. The summed E-state index contributed by atoms with van der Waals surface area (Å²) in [4.78, 5) is 22.1. The Labute approximate surface area is 118 Å². The fourth-order valence-corrected chi connectivity index (χ4v) is 1.63. The molecule has 1 rings (SSSR count). The van der Waals surface area contributed by atoms with E-state index in [1.807, 2.05) is 30.3 Å². The number of carboxylic acid groups (broad SMARTS) is 1. The van der Waals surface area contributed by atoms with Crippen LogP contribution in [0.3, 0.4) is 0 Å². The van der Waals surface area contributed by atoms with Gasteiger partial charge in [-0.3, -0.25) is 9.59 Å². The fraction of sp³-hybridized carbons (Fsp3) is 0.429. The summed E-state index contributed by atoms with van der Waals surface area (Å²) < 4.78 is 5.16. The lowest BCUT2D eigenvalue weighted by Gasteiger charge is -2.15. The maximum absolute atomic E-state index is 11.7. The van der Waals surface area contributed by atoms with Gasteiger partial charge in [0.2, 0.25) is 0 Å². The minimum atomic E-state index is -0.925. The van der Waals surface area contributed by atoms with Gasteiger partial charge in [0.25, 0.3) is 0 Å². The van der Waals surface area contributed by atoms with Gasteiger partial charge in [-0.05, 0) is 12.6 Å². The Hall–Kier alpha value is -1.92. The van der Waals surface area contributed by atoms with E-state index < -0.39 is 5.97 Å². The molecule has 20 heavy (non-hydrogen) atoms. The molecular formula is C14H20N2O4. The third-order valence-electron chi connectivity index (χ3n) is 2.73. The second-order valence-corrected chi connectivity index (χ2v) is 4.36. The highest BCUT2D eigenvalue weighted by atomic mass is 16.5. The molecule has 0 aliphatic heterocycles. The molecule has 1 unspecified atom stereocenters. The number of likely N-dealkylation sites (N-methyl/N-ethyl adjacent to an activating group) is 1. The van der Waals surface area contributed by atoms with E-state index in [0.29, 0.717) is 6.54 Å². The maximum Gasteiger partial charge on any atom is 0.317 e. The molecule has 110 valence electrons. The van der Waals surface area contributed by atoms with Crippen molar-refractivity contribution >= 4 is 11.9 Å². The Morgan fingerprint density at radius 1 is 1.30 bits per heavy atom. The minimum absolute atomic E-state index is 0.128. The number of aliphatic carboxylic acids is 1. The van der Waals surface area contributed by atoms with Gasteiger partial charge in [-0.1, -0.05) is 30.3 Å². The first-order valence-electron chi connectivity index (χ1n) is 6.41. The third-order valence-corrected chi connectivity index (χ3v) is 2.73. The Morgan fingerprint density at radius 3 is 2.60 bits per heavy atom. The van der Waals surface area contributed by atoms with Gasteiger partial charge in [-0.15, -0.1) is 0 Å². The summed E-state index contributed by atoms with van der Waals surface area (Å²) in [5, 5.41) is 14.2. The molecule has 0 bridgehead atoms. The Morgan fingerprint density at radius 2 is 2.00 bits per heavy atom. The third kappa shape index (κ3) is 6.86. The van der Waals surface area contributed by atoms with Crippen LogP contribution < -0.4 is 10.6 Å². The SMILES string of the molecule is CNC(CNCC(=O)O)CC(=O)OCc1ccccc1. The normalized spacial score (nSPS) is 11.8. The van der Waals surface area contributed by atoms with Crippen LogP contribution in [-0.2, 0) is 20.9 Å². The number of carbonyl (C=O) groups is 2. The zero-order valence-electron chi connectivity index (χ0n) is 11.5. The summed E-state index contributed by atoms with van der Waals surface area (Å²) in [6.45, 7) is 0.513. The number of ether oxygens (including phenoxy) is 1. The molecule has 1 aromatic rings. The van der Waals surface area contributed by atoms with Crippen LogP contribution in [0.5, 0.6) is 0 Å². The van der Waals surface area contributed by atoms with E-state index in [4.69, 9.17) is 9.84 Å². The van der Waals surface area contributed by atoms with Crippen LogP contribution in [0, 0.1) is 0 Å². The van der Waals surface area contributed by atoms with Crippen molar-refractivity contribution in [2.24, 2.45) is 0 Å². The van der Waals surface area contributed by atoms with E-state index in [1.165, 1.54) is 0 Å². The van der Waals surface area contributed by atoms with Crippen LogP contribution >= 0.6 is 0 Å². The molecule has 0 saturated carbocycles. The van der Waals surface area contributed by atoms with Gasteiger partial charge < -0.3 is 20.5 Å². The summed E-state index contributed by atoms with van der Waals surface area (Å²) in [5.41, 5.74) is 0.936. The number of hydrogen-bond donors (Lipinski definition) is 3. The van der Waals surface area contributed by atoms with E-state index in [2.05, 4.69) is 10.6 Å². The molecule has 3 N–H and O–H groups in total. The Balaban J connectivity index is 2.26. The molecule has 1 atom stereocenters. The van der Waals surface area contributed by atoms with Crippen LogP contribution in [-0.4, -0.2) is 43.2 Å². The Kier molecular flexibility index (Phi) is 7.31. The molecule has 0 amide bonds. The largest absolute Gasteiger partial charge is 0.480 e. The van der Waals surface area contributed by atoms with Crippen LogP contribution in [0.25, 0.3) is 0 Å². The van der Waals surface area contributed by atoms with Gasteiger partial charge in [-0.25, -0.2) is 0 Å². The fourth-order valence-electron chi connectivity index (χ4n) is 1.63. The maximum atomic E-state index is 11.7. The minimum Gasteiger partial charge on any atom is -0.480 e. The van der Waals surface area contributed by atoms with Gasteiger partial charge in [0, 0.05) is 12.6 Å². The van der Waals surface area contributed by atoms with Gasteiger partial charge in [0.05, 0.1) is 13.0 Å². The Bertz CT molecular complexity index is 422. The summed E-state index contributed by atoms with van der Waals surface area (Å²) in [7, 11) is 1.72. The molecule has 6 nitrogen and oxygen atoms in total. The molecular weight excluding hydrogens is 260 g/mol. The van der Waals surface area contributed by atoms with E-state index in [-0.39, 0.29) is 31.6 Å². The average molecular weight is 280 g/mol. The molecule has 0 radical (unpaired) electrons. The van der Waals surface area contributed by atoms with Crippen molar-refractivity contribution in [3.63, 3.8) is 0 Å². The molecule has 6 heteroatoms. The van der Waals surface area contributed by atoms with Crippen LogP contribution in [0.4, 0.5) is 0 Å². The van der Waals surface area contributed by atoms with Crippen molar-refractivity contribution in [2.75, 3.05) is 20.1 Å². The summed E-state index contributed by atoms with van der Waals surface area (Å²) >= 11 is 0. The second kappa shape index (κ2) is 9.06. The van der Waals surface area contributed by atoms with Gasteiger partial charge in [0.15, 0.2) is 0 Å². The lowest BCUT2D eigenvalue weighted by molar-refractivity contribution is -0.145. The average Bonchev–Trinajstić information content (AvgIpc) is 2.44. The standard InChI is InChI=1S/C14H20N2O4/c1-15-12(8-16-9-13(17)18)7-14(19)20-10-11-5-3-2-4-6-11/h2-6,12,15-16H,7-10H2,1H3,(H,17,18). The molecule has 0 fully saturated rings. The first-order valence-corrected chi connectivity index (χ1v) is 6.41. The van der Waals surface area contributed by atoms with Crippen molar-refractivity contribution in [1.29, 1.82) is 0 Å². The van der Waals surface area contributed by atoms with Crippen molar-refractivity contribution < 1.29 is 19.4 Å². The summed E-state index contributed by atoms with van der Waals surface area (Å²) in [6.07, 6.45) is 0.190. The van der Waals surface area contributed by atoms with Crippen molar-refractivity contribution in [1.82, 2.24) is 10.6 Å². The molecule has 0 heterocycles. The number of benzene rings is 1. The summed E-state index contributed by atoms with van der Waals surface area (Å²) in [5.74, 6) is -1.24. The zero-order chi connectivity index (χ0) is 14.8. The lowest BCUT2D eigenvalue weighted by Crippen LogP contribution is -2.40. The number of esters is 1. The molecule has 1 aromatic carbocycles. The molecule has 0 spiro atoms. The van der Waals surface area contributed by atoms with Gasteiger partial charge >= 0.3 is 11.9 Å². The number of rotatable bonds is 9. The van der Waals surface area contributed by atoms with Crippen molar-refractivity contribution in [3.05, 3.63) is 35.9 Å². The smallest absolute Gasteiger partial charge is 0.317 e. The van der Waals surface area contributed by atoms with Crippen LogP contribution in [0.2, 0.25) is 0 Å². The summed E-state index contributed by atoms with van der Waals surface area (Å²) in [6, 6.07) is 9.29. The lowest BCUT2D eigenvalue weighted by atomic mass is 10.2. The first-order chi connectivity index (χ1) is 9.61.